The third-order valence-corrected chi connectivity index (χ3v) is 6.68. The summed E-state index contributed by atoms with van der Waals surface area (Å²) in [4.78, 5) is 30.4. The van der Waals surface area contributed by atoms with E-state index in [0.29, 0.717) is 50.0 Å². The fraction of sp³-hybridized carbons (Fsp3) is 0.0645. The number of carbonyl (C=O) groups is 1. The van der Waals surface area contributed by atoms with Crippen molar-refractivity contribution in [2.75, 3.05) is 5.32 Å². The molecule has 0 atom stereocenters. The van der Waals surface area contributed by atoms with Gasteiger partial charge in [-0.25, -0.2) is 9.78 Å². The lowest BCUT2D eigenvalue weighted by molar-refractivity contribution is 0.102. The van der Waals surface area contributed by atoms with Crippen molar-refractivity contribution in [2.24, 2.45) is 0 Å². The summed E-state index contributed by atoms with van der Waals surface area (Å²) >= 11 is 6.48. The first-order valence-electron chi connectivity index (χ1n) is 12.0. The standard InChI is InChI=1S/C31H21ClN2O4/c1-17-12-18(2)28-26(13-17)34-30(38-28)24-16-22(10-11-25(24)32)33-29(35)21-8-5-7-19(14-21)23-15-20-6-3-4-9-27(20)37-31(23)36/h3-16H,1-2H3,(H,33,35). The quantitative estimate of drug-likeness (QED) is 0.240. The zero-order valence-electron chi connectivity index (χ0n) is 20.5. The number of aromatic nitrogens is 1. The number of benzene rings is 4. The number of rotatable bonds is 4. The van der Waals surface area contributed by atoms with Crippen molar-refractivity contribution in [3.8, 4) is 22.6 Å². The van der Waals surface area contributed by atoms with Crippen molar-refractivity contribution in [3.05, 3.63) is 117 Å². The summed E-state index contributed by atoms with van der Waals surface area (Å²) in [5.74, 6) is 0.0363. The van der Waals surface area contributed by atoms with Crippen LogP contribution >= 0.6 is 11.6 Å². The Bertz CT molecular complexity index is 1940. The highest BCUT2D eigenvalue weighted by molar-refractivity contribution is 6.33. The van der Waals surface area contributed by atoms with E-state index in [1.54, 1.807) is 54.6 Å². The van der Waals surface area contributed by atoms with Crippen LogP contribution < -0.4 is 10.9 Å². The number of halogens is 1. The molecular formula is C31H21ClN2O4. The SMILES string of the molecule is Cc1cc(C)c2oc(-c3cc(NC(=O)c4cccc(-c5cc6ccccc6oc5=O)c4)ccc3Cl)nc2c1. The van der Waals surface area contributed by atoms with Gasteiger partial charge in [0.2, 0.25) is 5.89 Å². The average molecular weight is 521 g/mol. The van der Waals surface area contributed by atoms with E-state index in [0.717, 1.165) is 22.0 Å². The molecule has 6 aromatic rings. The molecule has 6 rings (SSSR count). The van der Waals surface area contributed by atoms with Gasteiger partial charge in [0.1, 0.15) is 11.1 Å². The first-order chi connectivity index (χ1) is 18.4. The lowest BCUT2D eigenvalue weighted by Crippen LogP contribution is -2.12. The van der Waals surface area contributed by atoms with Gasteiger partial charge in [0.05, 0.1) is 16.1 Å². The molecule has 4 aromatic carbocycles. The monoisotopic (exact) mass is 520 g/mol. The van der Waals surface area contributed by atoms with E-state index in [1.165, 1.54) is 0 Å². The molecule has 2 heterocycles. The predicted molar refractivity (Wildman–Crippen MR) is 150 cm³/mol. The summed E-state index contributed by atoms with van der Waals surface area (Å²) in [5, 5.41) is 4.16. The predicted octanol–water partition coefficient (Wildman–Crippen LogP) is 7.79. The van der Waals surface area contributed by atoms with Gasteiger partial charge >= 0.3 is 5.63 Å². The second kappa shape index (κ2) is 9.32. The van der Waals surface area contributed by atoms with E-state index in [-0.39, 0.29) is 5.91 Å². The molecule has 0 aliphatic carbocycles. The number of hydrogen-bond donors (Lipinski definition) is 1. The lowest BCUT2D eigenvalue weighted by atomic mass is 10.0. The van der Waals surface area contributed by atoms with Crippen LogP contribution in [0.15, 0.2) is 98.6 Å². The maximum atomic E-state index is 13.2. The maximum Gasteiger partial charge on any atom is 0.344 e. The Morgan fingerprint density at radius 2 is 1.71 bits per heavy atom. The molecule has 0 saturated carbocycles. The highest BCUT2D eigenvalue weighted by atomic mass is 35.5. The number of carbonyl (C=O) groups excluding carboxylic acids is 1. The maximum absolute atomic E-state index is 13.2. The van der Waals surface area contributed by atoms with Gasteiger partial charge < -0.3 is 14.2 Å². The third kappa shape index (κ3) is 4.35. The van der Waals surface area contributed by atoms with Crippen LogP contribution in [0.2, 0.25) is 5.02 Å². The number of anilines is 1. The van der Waals surface area contributed by atoms with Crippen molar-refractivity contribution < 1.29 is 13.6 Å². The van der Waals surface area contributed by atoms with Crippen LogP contribution in [-0.4, -0.2) is 10.9 Å². The Balaban J connectivity index is 1.31. The summed E-state index contributed by atoms with van der Waals surface area (Å²) in [6.45, 7) is 3.98. The topological polar surface area (TPSA) is 85.3 Å². The highest BCUT2D eigenvalue weighted by Gasteiger charge is 2.16. The molecule has 1 N–H and O–H groups in total. The van der Waals surface area contributed by atoms with Gasteiger partial charge in [0.15, 0.2) is 5.58 Å². The van der Waals surface area contributed by atoms with Gasteiger partial charge in [-0.15, -0.1) is 0 Å². The molecule has 2 aromatic heterocycles. The summed E-state index contributed by atoms with van der Waals surface area (Å²) < 4.78 is 11.5. The molecular weight excluding hydrogens is 500 g/mol. The van der Waals surface area contributed by atoms with Gasteiger partial charge in [-0.05, 0) is 79.1 Å². The number of para-hydroxylation sites is 1. The van der Waals surface area contributed by atoms with Crippen LogP contribution in [0.25, 0.3) is 44.7 Å². The molecule has 0 aliphatic rings. The molecule has 1 amide bonds. The zero-order chi connectivity index (χ0) is 26.4. The van der Waals surface area contributed by atoms with Gasteiger partial charge in [-0.2, -0.15) is 0 Å². The van der Waals surface area contributed by atoms with Gasteiger partial charge in [0, 0.05) is 16.6 Å². The number of nitrogens with one attached hydrogen (secondary N) is 1. The van der Waals surface area contributed by atoms with Gasteiger partial charge in [0.25, 0.3) is 5.91 Å². The highest BCUT2D eigenvalue weighted by Crippen LogP contribution is 2.34. The molecule has 0 fully saturated rings. The van der Waals surface area contributed by atoms with Crippen LogP contribution in [0.1, 0.15) is 21.5 Å². The molecule has 0 radical (unpaired) electrons. The van der Waals surface area contributed by atoms with Crippen LogP contribution in [0, 0.1) is 13.8 Å². The largest absolute Gasteiger partial charge is 0.436 e. The van der Waals surface area contributed by atoms with Gasteiger partial charge in [-0.3, -0.25) is 4.79 Å². The number of amides is 1. The summed E-state index contributed by atoms with van der Waals surface area (Å²) in [6.07, 6.45) is 0. The number of hydrogen-bond acceptors (Lipinski definition) is 5. The first-order valence-corrected chi connectivity index (χ1v) is 12.4. The Morgan fingerprint density at radius 3 is 2.58 bits per heavy atom. The molecule has 0 saturated heterocycles. The number of oxazole rings is 1. The lowest BCUT2D eigenvalue weighted by Gasteiger charge is -2.09. The van der Waals surface area contributed by atoms with Crippen molar-refractivity contribution in [1.29, 1.82) is 0 Å². The summed E-state index contributed by atoms with van der Waals surface area (Å²) in [6, 6.07) is 25.0. The van der Waals surface area contributed by atoms with E-state index < -0.39 is 5.63 Å². The van der Waals surface area contributed by atoms with Crippen molar-refractivity contribution in [2.45, 2.75) is 13.8 Å². The number of nitrogens with zero attached hydrogens (tertiary/aromatic N) is 1. The minimum absolute atomic E-state index is 0.339. The van der Waals surface area contributed by atoms with Crippen LogP contribution in [0.4, 0.5) is 5.69 Å². The molecule has 0 spiro atoms. The molecule has 38 heavy (non-hydrogen) atoms. The molecule has 7 heteroatoms. The Hall–Kier alpha value is -4.68. The molecule has 186 valence electrons. The fourth-order valence-electron chi connectivity index (χ4n) is 4.55. The van der Waals surface area contributed by atoms with Crippen LogP contribution in [0.5, 0.6) is 0 Å². The second-order valence-corrected chi connectivity index (χ2v) is 9.57. The molecule has 6 nitrogen and oxygen atoms in total. The normalized spacial score (nSPS) is 11.2. The van der Waals surface area contributed by atoms with Crippen molar-refractivity contribution >= 4 is 45.3 Å². The Morgan fingerprint density at radius 1 is 0.868 bits per heavy atom. The minimum atomic E-state index is -0.465. The number of aryl methyl sites for hydroxylation is 2. The Kier molecular flexibility index (Phi) is 5.81. The van der Waals surface area contributed by atoms with E-state index >= 15 is 0 Å². The Labute approximate surface area is 222 Å². The van der Waals surface area contributed by atoms with Crippen molar-refractivity contribution in [3.63, 3.8) is 0 Å². The molecule has 0 bridgehead atoms. The summed E-state index contributed by atoms with van der Waals surface area (Å²) in [5.41, 5.74) is 6.03. The molecule has 0 aliphatic heterocycles. The van der Waals surface area contributed by atoms with Crippen molar-refractivity contribution in [1.82, 2.24) is 4.98 Å². The van der Waals surface area contributed by atoms with Gasteiger partial charge in [-0.1, -0.05) is 48.0 Å². The summed E-state index contributed by atoms with van der Waals surface area (Å²) in [7, 11) is 0. The minimum Gasteiger partial charge on any atom is -0.436 e. The first kappa shape index (κ1) is 23.7. The van der Waals surface area contributed by atoms with E-state index in [1.807, 2.05) is 44.2 Å². The molecule has 0 unspecified atom stereocenters. The van der Waals surface area contributed by atoms with Crippen LogP contribution in [0.3, 0.4) is 0 Å². The van der Waals surface area contributed by atoms with E-state index in [2.05, 4.69) is 10.3 Å². The smallest absolute Gasteiger partial charge is 0.344 e. The zero-order valence-corrected chi connectivity index (χ0v) is 21.3. The number of fused-ring (bicyclic) bond motifs is 2. The average Bonchev–Trinajstić information content (AvgIpc) is 3.33. The van der Waals surface area contributed by atoms with Crippen LogP contribution in [-0.2, 0) is 0 Å². The third-order valence-electron chi connectivity index (χ3n) is 6.35. The second-order valence-electron chi connectivity index (χ2n) is 9.16. The van der Waals surface area contributed by atoms with E-state index in [4.69, 9.17) is 20.4 Å². The van der Waals surface area contributed by atoms with E-state index in [9.17, 15) is 9.59 Å². The fourth-order valence-corrected chi connectivity index (χ4v) is 4.75.